The van der Waals surface area contributed by atoms with E-state index in [0.717, 1.165) is 22.4 Å². The van der Waals surface area contributed by atoms with E-state index in [1.165, 1.54) is 5.56 Å². The SMILES string of the molecule is CC/C(=N\NC(=O)COc1ccc(C)cc1)c1ccc(-c2ccccc2)cc1. The Kier molecular flexibility index (Phi) is 6.58. The molecule has 0 aliphatic carbocycles. The number of aryl methyl sites for hydroxylation is 1. The molecule has 0 aliphatic rings. The average molecular weight is 372 g/mol. The van der Waals surface area contributed by atoms with Crippen LogP contribution in [0.1, 0.15) is 24.5 Å². The van der Waals surface area contributed by atoms with Crippen LogP contribution in [0.2, 0.25) is 0 Å². The number of ether oxygens (including phenoxy) is 1. The van der Waals surface area contributed by atoms with Gasteiger partial charge < -0.3 is 4.74 Å². The average Bonchev–Trinajstić information content (AvgIpc) is 2.75. The molecular formula is C24H24N2O2. The number of hydrazone groups is 1. The standard InChI is InChI=1S/C24H24N2O2/c1-3-23(21-13-11-20(12-14-21)19-7-5-4-6-8-19)25-26-24(27)17-28-22-15-9-18(2)10-16-22/h4-16H,3,17H2,1-2H3,(H,26,27)/b25-23+. The molecule has 1 N–H and O–H groups in total. The molecule has 1 amide bonds. The molecule has 0 radical (unpaired) electrons. The zero-order valence-electron chi connectivity index (χ0n) is 16.2. The molecule has 3 aromatic carbocycles. The van der Waals surface area contributed by atoms with Crippen molar-refractivity contribution in [2.24, 2.45) is 5.10 Å². The maximum Gasteiger partial charge on any atom is 0.277 e. The van der Waals surface area contributed by atoms with Gasteiger partial charge in [-0.1, -0.05) is 79.2 Å². The second-order valence-corrected chi connectivity index (χ2v) is 6.49. The number of nitrogens with one attached hydrogen (secondary N) is 1. The topological polar surface area (TPSA) is 50.7 Å². The van der Waals surface area contributed by atoms with Crippen LogP contribution in [0.4, 0.5) is 0 Å². The number of nitrogens with zero attached hydrogens (tertiary/aromatic N) is 1. The van der Waals surface area contributed by atoms with Gasteiger partial charge in [0.1, 0.15) is 5.75 Å². The Morgan fingerprint density at radius 3 is 2.18 bits per heavy atom. The zero-order chi connectivity index (χ0) is 19.8. The second kappa shape index (κ2) is 9.51. The van der Waals surface area contributed by atoms with Gasteiger partial charge in [0.15, 0.2) is 6.61 Å². The van der Waals surface area contributed by atoms with E-state index in [4.69, 9.17) is 4.74 Å². The van der Waals surface area contributed by atoms with Gasteiger partial charge in [0, 0.05) is 0 Å². The monoisotopic (exact) mass is 372 g/mol. The first-order valence-electron chi connectivity index (χ1n) is 9.36. The molecule has 0 atom stereocenters. The first-order valence-corrected chi connectivity index (χ1v) is 9.36. The molecular weight excluding hydrogens is 348 g/mol. The molecule has 0 unspecified atom stereocenters. The summed E-state index contributed by atoms with van der Waals surface area (Å²) in [5.74, 6) is 0.379. The maximum atomic E-state index is 12.0. The minimum absolute atomic E-state index is 0.0729. The number of benzene rings is 3. The molecule has 0 saturated carbocycles. The molecule has 28 heavy (non-hydrogen) atoms. The normalized spacial score (nSPS) is 11.1. The van der Waals surface area contributed by atoms with E-state index in [1.54, 1.807) is 0 Å². The molecule has 3 aromatic rings. The van der Waals surface area contributed by atoms with Crippen LogP contribution in [0, 0.1) is 6.92 Å². The van der Waals surface area contributed by atoms with Crippen molar-refractivity contribution in [2.45, 2.75) is 20.3 Å². The highest BCUT2D eigenvalue weighted by atomic mass is 16.5. The fourth-order valence-corrected chi connectivity index (χ4v) is 2.78. The van der Waals surface area contributed by atoms with Crippen molar-refractivity contribution in [2.75, 3.05) is 6.61 Å². The summed E-state index contributed by atoms with van der Waals surface area (Å²) in [5.41, 5.74) is 7.86. The predicted molar refractivity (Wildman–Crippen MR) is 114 cm³/mol. The Hall–Kier alpha value is -3.40. The Bertz CT molecular complexity index is 931. The molecule has 0 aliphatic heterocycles. The minimum atomic E-state index is -0.285. The summed E-state index contributed by atoms with van der Waals surface area (Å²) in [5, 5.41) is 4.28. The largest absolute Gasteiger partial charge is 0.484 e. The molecule has 4 nitrogen and oxygen atoms in total. The summed E-state index contributed by atoms with van der Waals surface area (Å²) in [6.45, 7) is 3.94. The van der Waals surface area contributed by atoms with Gasteiger partial charge in [-0.15, -0.1) is 0 Å². The van der Waals surface area contributed by atoms with Crippen LogP contribution < -0.4 is 10.2 Å². The van der Waals surface area contributed by atoms with Gasteiger partial charge in [0.25, 0.3) is 5.91 Å². The van der Waals surface area contributed by atoms with Crippen molar-refractivity contribution in [1.82, 2.24) is 5.43 Å². The van der Waals surface area contributed by atoms with E-state index in [0.29, 0.717) is 12.2 Å². The smallest absolute Gasteiger partial charge is 0.277 e. The third-order valence-electron chi connectivity index (χ3n) is 4.37. The summed E-state index contributed by atoms with van der Waals surface area (Å²) in [7, 11) is 0. The van der Waals surface area contributed by atoms with Crippen molar-refractivity contribution in [3.63, 3.8) is 0 Å². The Labute approximate surface area is 165 Å². The zero-order valence-corrected chi connectivity index (χ0v) is 16.2. The highest BCUT2D eigenvalue weighted by Crippen LogP contribution is 2.20. The molecule has 0 aromatic heterocycles. The second-order valence-electron chi connectivity index (χ2n) is 6.49. The van der Waals surface area contributed by atoms with Gasteiger partial charge in [0.05, 0.1) is 5.71 Å². The number of carbonyl (C=O) groups is 1. The third-order valence-corrected chi connectivity index (χ3v) is 4.37. The molecule has 4 heteroatoms. The predicted octanol–water partition coefficient (Wildman–Crippen LogP) is 4.97. The minimum Gasteiger partial charge on any atom is -0.484 e. The van der Waals surface area contributed by atoms with E-state index in [9.17, 15) is 4.79 Å². The van der Waals surface area contributed by atoms with Crippen molar-refractivity contribution in [3.05, 3.63) is 90.0 Å². The highest BCUT2D eigenvalue weighted by molar-refractivity contribution is 6.01. The quantitative estimate of drug-likeness (QED) is 0.470. The first-order chi connectivity index (χ1) is 13.7. The van der Waals surface area contributed by atoms with Crippen LogP contribution in [-0.2, 0) is 4.79 Å². The first kappa shape index (κ1) is 19.4. The van der Waals surface area contributed by atoms with Crippen LogP contribution in [-0.4, -0.2) is 18.2 Å². The van der Waals surface area contributed by atoms with E-state index in [2.05, 4.69) is 34.8 Å². The molecule has 0 bridgehead atoms. The van der Waals surface area contributed by atoms with Gasteiger partial charge in [-0.25, -0.2) is 5.43 Å². The molecule has 3 rings (SSSR count). The lowest BCUT2D eigenvalue weighted by atomic mass is 10.0. The van der Waals surface area contributed by atoms with Crippen molar-refractivity contribution >= 4 is 11.6 Å². The Morgan fingerprint density at radius 1 is 0.893 bits per heavy atom. The van der Waals surface area contributed by atoms with Gasteiger partial charge in [0.2, 0.25) is 0 Å². The summed E-state index contributed by atoms with van der Waals surface area (Å²) < 4.78 is 5.48. The van der Waals surface area contributed by atoms with E-state index < -0.39 is 0 Å². The number of hydrogen-bond donors (Lipinski definition) is 1. The van der Waals surface area contributed by atoms with Crippen LogP contribution in [0.5, 0.6) is 5.75 Å². The number of carbonyl (C=O) groups excluding carboxylic acids is 1. The maximum absolute atomic E-state index is 12.0. The molecule has 0 saturated heterocycles. The van der Waals surface area contributed by atoms with Crippen LogP contribution in [0.25, 0.3) is 11.1 Å². The van der Waals surface area contributed by atoms with E-state index in [1.807, 2.05) is 68.4 Å². The highest BCUT2D eigenvalue weighted by Gasteiger charge is 2.06. The lowest BCUT2D eigenvalue weighted by Crippen LogP contribution is -2.26. The molecule has 142 valence electrons. The van der Waals surface area contributed by atoms with Crippen molar-refractivity contribution in [3.8, 4) is 16.9 Å². The van der Waals surface area contributed by atoms with Crippen molar-refractivity contribution < 1.29 is 9.53 Å². The Morgan fingerprint density at radius 2 is 1.54 bits per heavy atom. The molecule has 0 heterocycles. The fourth-order valence-electron chi connectivity index (χ4n) is 2.78. The number of rotatable bonds is 7. The van der Waals surface area contributed by atoms with E-state index in [-0.39, 0.29) is 12.5 Å². The number of hydrogen-bond acceptors (Lipinski definition) is 3. The number of amides is 1. The summed E-state index contributed by atoms with van der Waals surface area (Å²) in [4.78, 5) is 12.0. The van der Waals surface area contributed by atoms with Gasteiger partial charge in [-0.2, -0.15) is 5.10 Å². The fraction of sp³-hybridized carbons (Fsp3) is 0.167. The lowest BCUT2D eigenvalue weighted by molar-refractivity contribution is -0.123. The molecule has 0 spiro atoms. The van der Waals surface area contributed by atoms with Crippen molar-refractivity contribution in [1.29, 1.82) is 0 Å². The lowest BCUT2D eigenvalue weighted by Gasteiger charge is -2.08. The Balaban J connectivity index is 1.60. The summed E-state index contributed by atoms with van der Waals surface area (Å²) >= 11 is 0. The summed E-state index contributed by atoms with van der Waals surface area (Å²) in [6, 6.07) is 26.0. The van der Waals surface area contributed by atoms with Gasteiger partial charge in [-0.05, 0) is 42.2 Å². The van der Waals surface area contributed by atoms with E-state index >= 15 is 0 Å². The molecule has 0 fully saturated rings. The third kappa shape index (κ3) is 5.30. The van der Waals surface area contributed by atoms with Crippen LogP contribution >= 0.6 is 0 Å². The van der Waals surface area contributed by atoms with Gasteiger partial charge in [-0.3, -0.25) is 4.79 Å². The van der Waals surface area contributed by atoms with Crippen LogP contribution in [0.15, 0.2) is 84.0 Å². The van der Waals surface area contributed by atoms with Gasteiger partial charge >= 0.3 is 0 Å². The summed E-state index contributed by atoms with van der Waals surface area (Å²) in [6.07, 6.45) is 0.712. The van der Waals surface area contributed by atoms with Crippen LogP contribution in [0.3, 0.4) is 0 Å².